The highest BCUT2D eigenvalue weighted by Crippen LogP contribution is 2.40. The first-order valence-electron chi connectivity index (χ1n) is 12.2. The zero-order valence-electron chi connectivity index (χ0n) is 19.3. The summed E-state index contributed by atoms with van der Waals surface area (Å²) < 4.78 is 19.0. The van der Waals surface area contributed by atoms with Gasteiger partial charge in [0.1, 0.15) is 12.4 Å². The molecule has 0 spiro atoms. The summed E-state index contributed by atoms with van der Waals surface area (Å²) in [5.41, 5.74) is -2.23. The van der Waals surface area contributed by atoms with Crippen LogP contribution in [0.5, 0.6) is 0 Å². The highest BCUT2D eigenvalue weighted by Gasteiger charge is 2.46. The van der Waals surface area contributed by atoms with Crippen LogP contribution in [0.2, 0.25) is 0 Å². The van der Waals surface area contributed by atoms with Crippen LogP contribution in [-0.2, 0) is 43.9 Å². The van der Waals surface area contributed by atoms with Gasteiger partial charge in [0.25, 0.3) is 0 Å². The molecule has 0 N–H and O–H groups in total. The standard InChI is InChI=1S/C23H31N3O8/c1-24-21(29)25(8-2-3-15(27)13-4-6-16-18(11-13)33-16)23(31)26(22(24)30)9-10-32-20(28)14-5-7-17-19(12-14)34-17/h13-14,16-19H,2-12H2,1H3. The lowest BCUT2D eigenvalue weighted by atomic mass is 9.85. The minimum Gasteiger partial charge on any atom is -0.464 e. The SMILES string of the molecule is Cn1c(=O)n(CCCC(=O)C2CCC3OC3C2)c(=O)n(CCOC(=O)C2CCC3OC3C2)c1=O. The Morgan fingerprint density at radius 2 is 1.41 bits per heavy atom. The Labute approximate surface area is 195 Å². The molecule has 2 aliphatic heterocycles. The van der Waals surface area contributed by atoms with E-state index in [1.807, 2.05) is 0 Å². The summed E-state index contributed by atoms with van der Waals surface area (Å²) in [6, 6.07) is 0. The predicted octanol–water partition coefficient (Wildman–Crippen LogP) is -0.264. The number of carbonyl (C=O) groups is 2. The van der Waals surface area contributed by atoms with Crippen molar-refractivity contribution < 1.29 is 23.8 Å². The molecule has 0 radical (unpaired) electrons. The molecule has 1 aromatic heterocycles. The summed E-state index contributed by atoms with van der Waals surface area (Å²) in [7, 11) is 1.30. The average Bonchev–Trinajstić information content (AvgIpc) is 3.75. The van der Waals surface area contributed by atoms with Crippen molar-refractivity contribution in [3.8, 4) is 0 Å². The monoisotopic (exact) mass is 477 g/mol. The summed E-state index contributed by atoms with van der Waals surface area (Å²) in [5, 5.41) is 0. The van der Waals surface area contributed by atoms with Gasteiger partial charge >= 0.3 is 23.0 Å². The van der Waals surface area contributed by atoms with Crippen LogP contribution in [0.4, 0.5) is 0 Å². The van der Waals surface area contributed by atoms with E-state index in [4.69, 9.17) is 14.2 Å². The zero-order chi connectivity index (χ0) is 24.0. The van der Waals surface area contributed by atoms with Crippen molar-refractivity contribution in [3.05, 3.63) is 31.5 Å². The van der Waals surface area contributed by atoms with E-state index in [1.165, 1.54) is 7.05 Å². The number of rotatable bonds is 9. The first kappa shape index (κ1) is 23.2. The molecule has 1 aromatic rings. The van der Waals surface area contributed by atoms with Gasteiger partial charge in [-0.2, -0.15) is 0 Å². The summed E-state index contributed by atoms with van der Waals surface area (Å²) >= 11 is 0. The molecule has 11 nitrogen and oxygen atoms in total. The molecule has 4 aliphatic rings. The Morgan fingerprint density at radius 3 is 2.06 bits per heavy atom. The van der Waals surface area contributed by atoms with Gasteiger partial charge in [0.15, 0.2) is 0 Å². The Balaban J connectivity index is 1.17. The van der Waals surface area contributed by atoms with Crippen LogP contribution in [0.15, 0.2) is 14.4 Å². The number of ketones is 1. The van der Waals surface area contributed by atoms with Crippen LogP contribution >= 0.6 is 0 Å². The van der Waals surface area contributed by atoms with Gasteiger partial charge in [-0.25, -0.2) is 28.1 Å². The number of epoxide rings is 2. The topological polar surface area (TPSA) is 134 Å². The number of esters is 1. The van der Waals surface area contributed by atoms with E-state index in [-0.39, 0.29) is 68.0 Å². The van der Waals surface area contributed by atoms with Crippen molar-refractivity contribution >= 4 is 11.8 Å². The number of hydrogen-bond acceptors (Lipinski definition) is 8. The number of carbonyl (C=O) groups excluding carboxylic acids is 2. The second-order valence-corrected chi connectivity index (χ2v) is 9.89. The number of ether oxygens (including phenoxy) is 3. The number of nitrogens with zero attached hydrogens (tertiary/aromatic N) is 3. The van der Waals surface area contributed by atoms with E-state index in [9.17, 15) is 24.0 Å². The minimum absolute atomic E-state index is 0.0199. The molecular weight excluding hydrogens is 446 g/mol. The lowest BCUT2D eigenvalue weighted by Crippen LogP contribution is -2.54. The van der Waals surface area contributed by atoms with Gasteiger partial charge in [-0.3, -0.25) is 9.59 Å². The van der Waals surface area contributed by atoms with Crippen molar-refractivity contribution in [2.24, 2.45) is 18.9 Å². The van der Waals surface area contributed by atoms with Crippen LogP contribution in [0.25, 0.3) is 0 Å². The Bertz CT molecular complexity index is 1070. The maximum atomic E-state index is 12.9. The summed E-state index contributed by atoms with van der Waals surface area (Å²) in [4.78, 5) is 62.8. The largest absolute Gasteiger partial charge is 0.464 e. The molecule has 5 rings (SSSR count). The third-order valence-electron chi connectivity index (χ3n) is 7.66. The second kappa shape index (κ2) is 9.26. The molecule has 186 valence electrons. The highest BCUT2D eigenvalue weighted by molar-refractivity contribution is 5.81. The molecular formula is C23H31N3O8. The normalized spacial score (nSPS) is 31.3. The van der Waals surface area contributed by atoms with E-state index in [2.05, 4.69) is 0 Å². The molecule has 0 amide bonds. The molecule has 11 heteroatoms. The van der Waals surface area contributed by atoms with Crippen molar-refractivity contribution in [1.82, 2.24) is 13.7 Å². The smallest absolute Gasteiger partial charge is 0.336 e. The van der Waals surface area contributed by atoms with Crippen molar-refractivity contribution in [2.45, 2.75) is 88.9 Å². The van der Waals surface area contributed by atoms with Gasteiger partial charge in [0, 0.05) is 25.9 Å². The predicted molar refractivity (Wildman–Crippen MR) is 117 cm³/mol. The second-order valence-electron chi connectivity index (χ2n) is 9.89. The molecule has 0 bridgehead atoms. The number of Topliss-reactive ketones (excluding diaryl/α,β-unsaturated/α-hetero) is 1. The lowest BCUT2D eigenvalue weighted by Gasteiger charge is -2.18. The Hall–Kier alpha value is -2.53. The molecule has 2 aliphatic carbocycles. The quantitative estimate of drug-likeness (QED) is 0.351. The number of fused-ring (bicyclic) bond motifs is 2. The van der Waals surface area contributed by atoms with Gasteiger partial charge in [-0.05, 0) is 44.9 Å². The van der Waals surface area contributed by atoms with Crippen LogP contribution in [0.3, 0.4) is 0 Å². The first-order chi connectivity index (χ1) is 16.3. The zero-order valence-corrected chi connectivity index (χ0v) is 19.3. The molecule has 6 atom stereocenters. The maximum Gasteiger partial charge on any atom is 0.336 e. The van der Waals surface area contributed by atoms with Crippen LogP contribution in [0.1, 0.15) is 51.4 Å². The van der Waals surface area contributed by atoms with Crippen molar-refractivity contribution in [2.75, 3.05) is 6.61 Å². The van der Waals surface area contributed by atoms with Gasteiger partial charge in [-0.1, -0.05) is 0 Å². The van der Waals surface area contributed by atoms with Crippen LogP contribution in [0, 0.1) is 11.8 Å². The van der Waals surface area contributed by atoms with E-state index in [0.29, 0.717) is 25.4 Å². The lowest BCUT2D eigenvalue weighted by molar-refractivity contribution is -0.149. The fourth-order valence-corrected chi connectivity index (χ4v) is 5.42. The van der Waals surface area contributed by atoms with E-state index < -0.39 is 17.1 Å². The number of aromatic nitrogens is 3. The summed E-state index contributed by atoms with van der Waals surface area (Å²) in [6.45, 7) is -0.240. The Kier molecular flexibility index (Phi) is 6.32. The fourth-order valence-electron chi connectivity index (χ4n) is 5.42. The van der Waals surface area contributed by atoms with E-state index >= 15 is 0 Å². The van der Waals surface area contributed by atoms with Gasteiger partial charge in [0.05, 0.1) is 36.9 Å². The molecule has 0 aromatic carbocycles. The minimum atomic E-state index is -0.758. The first-order valence-corrected chi connectivity index (χ1v) is 12.2. The summed E-state index contributed by atoms with van der Waals surface area (Å²) in [5.74, 6) is -0.467. The summed E-state index contributed by atoms with van der Waals surface area (Å²) in [6.07, 6.45) is 6.24. The van der Waals surface area contributed by atoms with Gasteiger partial charge < -0.3 is 14.2 Å². The third kappa shape index (κ3) is 4.68. The molecule has 6 unspecified atom stereocenters. The number of hydrogen-bond donors (Lipinski definition) is 0. The van der Waals surface area contributed by atoms with Crippen LogP contribution < -0.4 is 17.1 Å². The van der Waals surface area contributed by atoms with Crippen molar-refractivity contribution in [3.63, 3.8) is 0 Å². The van der Waals surface area contributed by atoms with Gasteiger partial charge in [-0.15, -0.1) is 0 Å². The molecule has 2 saturated heterocycles. The third-order valence-corrected chi connectivity index (χ3v) is 7.66. The molecule has 4 fully saturated rings. The van der Waals surface area contributed by atoms with E-state index in [1.54, 1.807) is 0 Å². The molecule has 2 saturated carbocycles. The van der Waals surface area contributed by atoms with Crippen LogP contribution in [-0.4, -0.2) is 56.5 Å². The Morgan fingerprint density at radius 1 is 0.824 bits per heavy atom. The molecule has 3 heterocycles. The highest BCUT2D eigenvalue weighted by atomic mass is 16.6. The van der Waals surface area contributed by atoms with Gasteiger partial charge in [0.2, 0.25) is 0 Å². The molecule has 34 heavy (non-hydrogen) atoms. The average molecular weight is 478 g/mol. The van der Waals surface area contributed by atoms with Crippen molar-refractivity contribution in [1.29, 1.82) is 0 Å². The maximum absolute atomic E-state index is 12.9. The fraction of sp³-hybridized carbons (Fsp3) is 0.783. The van der Waals surface area contributed by atoms with E-state index in [0.717, 1.165) is 39.4 Å².